The molecule has 0 unspecified atom stereocenters. The van der Waals surface area contributed by atoms with Crippen LogP contribution in [0.5, 0.6) is 5.75 Å². The fourth-order valence-electron chi connectivity index (χ4n) is 3.64. The van der Waals surface area contributed by atoms with Gasteiger partial charge in [-0.25, -0.2) is 4.90 Å². The summed E-state index contributed by atoms with van der Waals surface area (Å²) in [4.78, 5) is 41.7. The zero-order chi connectivity index (χ0) is 23.2. The number of fused-ring (bicyclic) bond motifs is 3. The third kappa shape index (κ3) is 4.00. The van der Waals surface area contributed by atoms with E-state index >= 15 is 0 Å². The van der Waals surface area contributed by atoms with Crippen molar-refractivity contribution in [3.8, 4) is 17.0 Å². The monoisotopic (exact) mass is 579 g/mol. The molecule has 0 spiro atoms. The van der Waals surface area contributed by atoms with E-state index in [1.807, 2.05) is 6.07 Å². The summed E-state index contributed by atoms with van der Waals surface area (Å²) in [6.45, 7) is 2.79. The fraction of sp³-hybridized carbons (Fsp3) is 0.190. The number of halogens is 2. The lowest BCUT2D eigenvalue weighted by Gasteiger charge is -2.31. The Bertz CT molecular complexity index is 1330. The number of H-pyrrole nitrogens is 1. The molecule has 0 bridgehead atoms. The van der Waals surface area contributed by atoms with E-state index in [1.54, 1.807) is 46.2 Å². The first-order valence-electron chi connectivity index (χ1n) is 9.39. The number of thioether (sulfide) groups is 1. The zero-order valence-electron chi connectivity index (χ0n) is 17.2. The predicted molar refractivity (Wildman–Crippen MR) is 127 cm³/mol. The van der Waals surface area contributed by atoms with Gasteiger partial charge in [-0.1, -0.05) is 27.7 Å². The topological polar surface area (TPSA) is 96.2 Å². The number of aromatic amines is 1. The van der Waals surface area contributed by atoms with E-state index in [2.05, 4.69) is 41.9 Å². The Morgan fingerprint density at radius 1 is 1.19 bits per heavy atom. The maximum Gasteiger partial charge on any atom is 0.325 e. The van der Waals surface area contributed by atoms with Gasteiger partial charge >= 0.3 is 17.2 Å². The minimum Gasteiger partial charge on any atom is -0.426 e. The van der Waals surface area contributed by atoms with Crippen LogP contribution in [0, 0.1) is 0 Å². The molecule has 0 aliphatic carbocycles. The molecule has 4 rings (SSSR count). The molecule has 11 heteroatoms. The molecular formula is C21H17Br2N4O4S+. The van der Waals surface area contributed by atoms with Crippen LogP contribution in [0.2, 0.25) is 0 Å². The summed E-state index contributed by atoms with van der Waals surface area (Å²) >= 11 is 8.18. The predicted octanol–water partition coefficient (Wildman–Crippen LogP) is 3.81. The first-order chi connectivity index (χ1) is 15.2. The van der Waals surface area contributed by atoms with Crippen molar-refractivity contribution in [2.45, 2.75) is 25.2 Å². The van der Waals surface area contributed by atoms with Gasteiger partial charge in [0.05, 0.1) is 15.7 Å². The minimum absolute atomic E-state index is 0.218. The maximum atomic E-state index is 13.1. The molecule has 1 atom stereocenters. The number of amides is 1. The second-order valence-corrected chi connectivity index (χ2v) is 9.53. The van der Waals surface area contributed by atoms with Gasteiger partial charge in [-0.15, -0.1) is 0 Å². The molecule has 1 amide bonds. The standard InChI is InChI=1S/C21H16Br2N4O4S/c1-10(28)26-16-6-5-13(22)9-14(16)18-19(30)24-21(32-3)25-27(18)20(26)12-4-7-17(15(23)8-12)31-11(2)29/h4-9,20H,1-3H3/p+1/t20-/m0/s1. The Hall–Kier alpha value is -2.50. The number of aromatic nitrogens is 3. The van der Waals surface area contributed by atoms with Gasteiger partial charge in [-0.2, -0.15) is 0 Å². The zero-order valence-corrected chi connectivity index (χ0v) is 21.2. The summed E-state index contributed by atoms with van der Waals surface area (Å²) in [7, 11) is 0. The molecule has 32 heavy (non-hydrogen) atoms. The Labute approximate surface area is 204 Å². The van der Waals surface area contributed by atoms with Crippen LogP contribution in [0.15, 0.2) is 55.3 Å². The lowest BCUT2D eigenvalue weighted by Crippen LogP contribution is -2.60. The van der Waals surface area contributed by atoms with Crippen LogP contribution in [0.25, 0.3) is 11.3 Å². The normalized spacial score (nSPS) is 14.5. The van der Waals surface area contributed by atoms with E-state index in [-0.39, 0.29) is 11.5 Å². The first-order valence-corrected chi connectivity index (χ1v) is 12.2. The number of anilines is 1. The number of hydrogen-bond donors (Lipinski definition) is 1. The van der Waals surface area contributed by atoms with Crippen LogP contribution in [0.4, 0.5) is 5.69 Å². The molecule has 1 aromatic heterocycles. The van der Waals surface area contributed by atoms with Crippen LogP contribution in [0.1, 0.15) is 25.6 Å². The summed E-state index contributed by atoms with van der Waals surface area (Å²) in [5.41, 5.74) is 1.88. The van der Waals surface area contributed by atoms with Crippen LogP contribution < -0.4 is 19.9 Å². The summed E-state index contributed by atoms with van der Waals surface area (Å²) < 4.78 is 8.07. The summed E-state index contributed by atoms with van der Waals surface area (Å²) in [5.74, 6) is -0.312. The van der Waals surface area contributed by atoms with Crippen molar-refractivity contribution < 1.29 is 19.0 Å². The van der Waals surface area contributed by atoms with E-state index < -0.39 is 12.1 Å². The molecule has 0 radical (unpaired) electrons. The van der Waals surface area contributed by atoms with Crippen molar-refractivity contribution in [1.29, 1.82) is 0 Å². The SMILES string of the molecule is CSc1n[n+]2c(c(=O)[nH]1)-c1cc(Br)ccc1N(C(C)=O)[C@@H]2c1ccc(OC(C)=O)c(Br)c1. The number of carbonyl (C=O) groups is 2. The van der Waals surface area contributed by atoms with Crippen LogP contribution in [0.3, 0.4) is 0 Å². The smallest absolute Gasteiger partial charge is 0.325 e. The summed E-state index contributed by atoms with van der Waals surface area (Å²) in [6.07, 6.45) is 1.08. The van der Waals surface area contributed by atoms with Gasteiger partial charge in [0, 0.05) is 29.0 Å². The molecule has 2 aromatic carbocycles. The molecule has 8 nitrogen and oxygen atoms in total. The molecule has 164 valence electrons. The van der Waals surface area contributed by atoms with Crippen molar-refractivity contribution >= 4 is 61.2 Å². The molecule has 3 aromatic rings. The molecule has 0 fully saturated rings. The van der Waals surface area contributed by atoms with Crippen LogP contribution in [-0.2, 0) is 9.59 Å². The molecular weight excluding hydrogens is 564 g/mol. The highest BCUT2D eigenvalue weighted by Crippen LogP contribution is 2.40. The van der Waals surface area contributed by atoms with Gasteiger partial charge in [-0.3, -0.25) is 19.4 Å². The highest BCUT2D eigenvalue weighted by molar-refractivity contribution is 9.10. The average molecular weight is 581 g/mol. The van der Waals surface area contributed by atoms with Crippen molar-refractivity contribution in [2.75, 3.05) is 11.2 Å². The Morgan fingerprint density at radius 2 is 1.94 bits per heavy atom. The summed E-state index contributed by atoms with van der Waals surface area (Å²) in [5, 5.41) is 5.04. The van der Waals surface area contributed by atoms with E-state index in [0.29, 0.717) is 37.9 Å². The van der Waals surface area contributed by atoms with Crippen LogP contribution in [-0.4, -0.2) is 28.2 Å². The van der Waals surface area contributed by atoms with Gasteiger partial charge in [0.2, 0.25) is 11.1 Å². The second-order valence-electron chi connectivity index (χ2n) is 6.96. The largest absolute Gasteiger partial charge is 0.426 e. The second kappa shape index (κ2) is 8.80. The maximum absolute atomic E-state index is 13.1. The fourth-order valence-corrected chi connectivity index (χ4v) is 4.85. The third-order valence-electron chi connectivity index (χ3n) is 4.85. The number of esters is 1. The van der Waals surface area contributed by atoms with Crippen molar-refractivity contribution in [1.82, 2.24) is 10.1 Å². The molecule has 2 heterocycles. The van der Waals surface area contributed by atoms with Gasteiger partial charge < -0.3 is 4.74 Å². The van der Waals surface area contributed by atoms with Gasteiger partial charge in [0.25, 0.3) is 6.17 Å². The molecule has 1 N–H and O–H groups in total. The van der Waals surface area contributed by atoms with E-state index in [1.165, 1.54) is 25.6 Å². The minimum atomic E-state index is -0.730. The first kappa shape index (κ1) is 22.7. The van der Waals surface area contributed by atoms with Gasteiger partial charge in [0.1, 0.15) is 5.75 Å². The number of nitrogens with one attached hydrogen (secondary N) is 1. The number of rotatable bonds is 3. The number of carbonyl (C=O) groups excluding carboxylic acids is 2. The van der Waals surface area contributed by atoms with Crippen LogP contribution >= 0.6 is 43.6 Å². The number of hydrogen-bond acceptors (Lipinski definition) is 6. The van der Waals surface area contributed by atoms with Crippen molar-refractivity contribution in [3.05, 3.63) is 61.3 Å². The van der Waals surface area contributed by atoms with Gasteiger partial charge in [-0.05, 0) is 63.3 Å². The Morgan fingerprint density at radius 3 is 2.56 bits per heavy atom. The van der Waals surface area contributed by atoms with E-state index in [4.69, 9.17) is 4.74 Å². The highest BCUT2D eigenvalue weighted by atomic mass is 79.9. The molecule has 0 saturated carbocycles. The molecule has 0 saturated heterocycles. The van der Waals surface area contributed by atoms with E-state index in [0.717, 1.165) is 4.47 Å². The Kier molecular flexibility index (Phi) is 6.24. The number of benzene rings is 2. The van der Waals surface area contributed by atoms with E-state index in [9.17, 15) is 14.4 Å². The quantitative estimate of drug-likeness (QED) is 0.219. The molecule has 1 aliphatic rings. The van der Waals surface area contributed by atoms with Gasteiger partial charge in [0.15, 0.2) is 0 Å². The highest BCUT2D eigenvalue weighted by Gasteiger charge is 2.45. The number of ether oxygens (including phenoxy) is 1. The lowest BCUT2D eigenvalue weighted by molar-refractivity contribution is -0.763. The third-order valence-corrected chi connectivity index (χ3v) is 6.54. The van der Waals surface area contributed by atoms with Crippen molar-refractivity contribution in [2.24, 2.45) is 0 Å². The van der Waals surface area contributed by atoms with Crippen molar-refractivity contribution in [3.63, 3.8) is 0 Å². The number of nitrogens with zero attached hydrogens (tertiary/aromatic N) is 3. The summed E-state index contributed by atoms with van der Waals surface area (Å²) in [6, 6.07) is 10.5. The lowest BCUT2D eigenvalue weighted by atomic mass is 10.0. The molecule has 1 aliphatic heterocycles. The average Bonchev–Trinajstić information content (AvgIpc) is 2.73. The Balaban J connectivity index is 2.02.